The average Bonchev–Trinajstić information content (AvgIpc) is 3.61. The van der Waals surface area contributed by atoms with E-state index < -0.39 is 17.9 Å². The van der Waals surface area contributed by atoms with Gasteiger partial charge in [0, 0.05) is 64.8 Å². The van der Waals surface area contributed by atoms with Gasteiger partial charge in [-0.3, -0.25) is 4.79 Å². The van der Waals surface area contributed by atoms with E-state index in [1.807, 2.05) is 17.9 Å². The quantitative estimate of drug-likeness (QED) is 0.173. The summed E-state index contributed by atoms with van der Waals surface area (Å²) in [6.45, 7) is 3.03. The minimum absolute atomic E-state index is 0.0517. The maximum Gasteiger partial charge on any atom is 0.283 e. The van der Waals surface area contributed by atoms with E-state index >= 15 is 4.39 Å². The molecule has 2 bridgehead atoms. The van der Waals surface area contributed by atoms with Crippen molar-refractivity contribution in [1.82, 2.24) is 34.8 Å². The molecule has 5 fully saturated rings. The van der Waals surface area contributed by atoms with Gasteiger partial charge in [-0.05, 0) is 68.7 Å². The minimum Gasteiger partial charge on any atom is -0.337 e. The Morgan fingerprint density at radius 3 is 2.69 bits per heavy atom. The summed E-state index contributed by atoms with van der Waals surface area (Å²) in [5.41, 5.74) is 3.50. The zero-order valence-electron chi connectivity index (χ0n) is 27.6. The number of likely N-dealkylation sites (tertiary alicyclic amines) is 1. The Balaban J connectivity index is 1.28. The molecule has 0 radical (unpaired) electrons. The van der Waals surface area contributed by atoms with Crippen molar-refractivity contribution in [2.45, 2.75) is 76.0 Å². The molecule has 14 heteroatoms. The van der Waals surface area contributed by atoms with Crippen molar-refractivity contribution in [1.29, 1.82) is 5.26 Å². The van der Waals surface area contributed by atoms with Gasteiger partial charge in [-0.25, -0.2) is 22.8 Å². The predicted octanol–water partition coefficient (Wildman–Crippen LogP) is 8.05. The summed E-state index contributed by atoms with van der Waals surface area (Å²) >= 11 is 13.0. The third-order valence-electron chi connectivity index (χ3n) is 11.4. The Bertz CT molecular complexity index is 2280. The van der Waals surface area contributed by atoms with Crippen LogP contribution in [0.2, 0.25) is 10.0 Å². The van der Waals surface area contributed by atoms with Gasteiger partial charge in [-0.1, -0.05) is 40.5 Å². The van der Waals surface area contributed by atoms with Gasteiger partial charge >= 0.3 is 0 Å². The van der Waals surface area contributed by atoms with Gasteiger partial charge in [-0.2, -0.15) is 5.26 Å². The Morgan fingerprint density at radius 2 is 2.00 bits per heavy atom. The topological polar surface area (TPSA) is 105 Å². The van der Waals surface area contributed by atoms with Crippen molar-refractivity contribution >= 4 is 50.9 Å². The first-order chi connectivity index (χ1) is 24.6. The smallest absolute Gasteiger partial charge is 0.283 e. The molecule has 10 rings (SSSR count). The molecule has 51 heavy (non-hydrogen) atoms. The number of hydrogen-bond acceptors (Lipinski definition) is 6. The van der Waals surface area contributed by atoms with Gasteiger partial charge in [0.05, 0.1) is 46.0 Å². The molecule has 6 heterocycles. The molecule has 3 aliphatic heterocycles. The largest absolute Gasteiger partial charge is 0.337 e. The molecule has 1 amide bonds. The minimum atomic E-state index is -2.75. The molecule has 5 aliphatic rings. The number of alkyl halides is 2. The van der Waals surface area contributed by atoms with E-state index in [-0.39, 0.29) is 64.9 Å². The zero-order chi connectivity index (χ0) is 35.3. The molecule has 9 nitrogen and oxygen atoms in total. The monoisotopic (exact) mass is 732 g/mol. The maximum absolute atomic E-state index is 17.1. The molecule has 0 unspecified atom stereocenters. The number of fused-ring (bicyclic) bond motifs is 4. The normalized spacial score (nSPS) is 24.2. The second-order valence-corrected chi connectivity index (χ2v) is 15.2. The van der Waals surface area contributed by atoms with Crippen molar-refractivity contribution in [2.75, 3.05) is 13.1 Å². The molecule has 3 saturated heterocycles. The lowest BCUT2D eigenvalue weighted by Crippen LogP contribution is -2.41. The molecule has 1 N–H and O–H groups in total. The van der Waals surface area contributed by atoms with Crippen LogP contribution in [0.4, 0.5) is 13.2 Å². The van der Waals surface area contributed by atoms with Gasteiger partial charge in [0.25, 0.3) is 6.43 Å². The number of rotatable bonds is 8. The van der Waals surface area contributed by atoms with Crippen LogP contribution < -0.4 is 5.32 Å². The van der Waals surface area contributed by atoms with Crippen LogP contribution in [0.1, 0.15) is 79.3 Å². The van der Waals surface area contributed by atoms with Gasteiger partial charge in [0.1, 0.15) is 11.2 Å². The summed E-state index contributed by atoms with van der Waals surface area (Å²) in [4.78, 5) is 20.7. The third-order valence-corrected chi connectivity index (χ3v) is 12.2. The highest BCUT2D eigenvalue weighted by molar-refractivity contribution is 6.43. The predicted molar refractivity (Wildman–Crippen MR) is 186 cm³/mol. The Morgan fingerprint density at radius 1 is 1.18 bits per heavy atom. The zero-order valence-corrected chi connectivity index (χ0v) is 29.1. The standard InChI is InChI=1S/C37H33Cl2F3N8O/c1-17-23-13-29(28-12-21(15-48(28)37(51)18-7-8-18)49-16-27(36(41)42)46-47-49)50(34-20-11-26(34)44-14-20)35(23)24-10-19(4-3-9-43)30(32(40)33(24)45-17)22-5-2-6-25(38)31(22)39/h2,5-6,10,13,16,18,20-21,26,28,34,36,44H,3-4,7-8,11-12,14-15H2,1H3/t20-,21+,26-,28-,34+/m1/s1. The van der Waals surface area contributed by atoms with Gasteiger partial charge in [0.15, 0.2) is 5.82 Å². The number of carbonyl (C=O) groups excluding carboxylic acids is 1. The van der Waals surface area contributed by atoms with Gasteiger partial charge < -0.3 is 14.8 Å². The van der Waals surface area contributed by atoms with Crippen LogP contribution >= 0.6 is 23.2 Å². The number of carbonyl (C=O) groups is 1. The number of nitrogens with zero attached hydrogens (tertiary/aromatic N) is 7. The molecular formula is C37H33Cl2F3N8O. The van der Waals surface area contributed by atoms with Crippen molar-refractivity contribution in [3.05, 3.63) is 75.0 Å². The van der Waals surface area contributed by atoms with Gasteiger partial charge in [0.2, 0.25) is 5.91 Å². The van der Waals surface area contributed by atoms with Crippen LogP contribution in [0.25, 0.3) is 32.9 Å². The van der Waals surface area contributed by atoms with Crippen molar-refractivity contribution < 1.29 is 18.0 Å². The summed E-state index contributed by atoms with van der Waals surface area (Å²) in [6.07, 6.45) is 2.09. The SMILES string of the molecule is Cc1nc2c(F)c(-c3cccc(Cl)c3Cl)c(CCC#N)cc2c2c1cc([C@H]1C[C@H](n3cc(C(F)F)nn3)CN1C(=O)C1CC1)n2[C@H]1[C@H]2CN[C@@H]1C2. The van der Waals surface area contributed by atoms with Crippen LogP contribution in [-0.2, 0) is 11.2 Å². The van der Waals surface area contributed by atoms with Crippen LogP contribution in [0.3, 0.4) is 0 Å². The first-order valence-electron chi connectivity index (χ1n) is 17.4. The summed E-state index contributed by atoms with van der Waals surface area (Å²) in [6, 6.07) is 10.9. The fourth-order valence-corrected chi connectivity index (χ4v) is 9.16. The fourth-order valence-electron chi connectivity index (χ4n) is 8.76. The highest BCUT2D eigenvalue weighted by Crippen LogP contribution is 2.52. The molecule has 2 aromatic carbocycles. The first-order valence-corrected chi connectivity index (χ1v) is 18.1. The molecule has 0 spiro atoms. The summed E-state index contributed by atoms with van der Waals surface area (Å²) in [5.74, 6) is -0.202. The maximum atomic E-state index is 17.1. The average molecular weight is 734 g/mol. The van der Waals surface area contributed by atoms with Crippen molar-refractivity contribution in [2.24, 2.45) is 11.8 Å². The van der Waals surface area contributed by atoms with E-state index in [9.17, 15) is 18.8 Å². The Hall–Kier alpha value is -4.18. The molecule has 262 valence electrons. The second-order valence-electron chi connectivity index (χ2n) is 14.4. The Labute approximate surface area is 301 Å². The molecule has 2 saturated carbocycles. The number of aromatic nitrogens is 5. The second kappa shape index (κ2) is 12.2. The summed E-state index contributed by atoms with van der Waals surface area (Å²) in [5, 5.41) is 22.9. The van der Waals surface area contributed by atoms with Crippen molar-refractivity contribution in [3.8, 4) is 17.2 Å². The third kappa shape index (κ3) is 5.14. The summed E-state index contributed by atoms with van der Waals surface area (Å²) < 4.78 is 47.9. The lowest BCUT2D eigenvalue weighted by atomic mass is 9.79. The van der Waals surface area contributed by atoms with E-state index in [1.54, 1.807) is 18.2 Å². The van der Waals surface area contributed by atoms with E-state index in [0.29, 0.717) is 46.1 Å². The lowest BCUT2D eigenvalue weighted by molar-refractivity contribution is -0.133. The summed E-state index contributed by atoms with van der Waals surface area (Å²) in [7, 11) is 0. The number of halogens is 5. The Kier molecular flexibility index (Phi) is 7.83. The van der Waals surface area contributed by atoms with Crippen LogP contribution in [0.5, 0.6) is 0 Å². The van der Waals surface area contributed by atoms with Crippen LogP contribution in [-0.4, -0.2) is 54.5 Å². The molecule has 5 aromatic rings. The van der Waals surface area contributed by atoms with Crippen LogP contribution in [0, 0.1) is 35.9 Å². The number of benzene rings is 2. The number of nitriles is 1. The number of hydrogen-bond donors (Lipinski definition) is 1. The number of amides is 1. The van der Waals surface area contributed by atoms with Crippen molar-refractivity contribution in [3.63, 3.8) is 0 Å². The number of nitrogens with one attached hydrogen (secondary N) is 1. The van der Waals surface area contributed by atoms with E-state index in [4.69, 9.17) is 28.2 Å². The number of pyridine rings is 1. The van der Waals surface area contributed by atoms with Crippen LogP contribution in [0.15, 0.2) is 36.5 Å². The fraction of sp³-hybridized carbons (Fsp3) is 0.432. The number of aryl methyl sites for hydroxylation is 2. The lowest BCUT2D eigenvalue weighted by Gasteiger charge is -2.39. The highest BCUT2D eigenvalue weighted by atomic mass is 35.5. The molecule has 5 atom stereocenters. The molecular weight excluding hydrogens is 700 g/mol. The highest BCUT2D eigenvalue weighted by Gasteiger charge is 2.51. The molecule has 2 aliphatic carbocycles. The van der Waals surface area contributed by atoms with E-state index in [0.717, 1.165) is 42.4 Å². The van der Waals surface area contributed by atoms with Gasteiger partial charge in [-0.15, -0.1) is 5.10 Å². The molecule has 3 aromatic heterocycles. The van der Waals surface area contributed by atoms with E-state index in [2.05, 4.69) is 32.3 Å². The van der Waals surface area contributed by atoms with E-state index in [1.165, 1.54) is 10.9 Å². The first kappa shape index (κ1) is 32.7.